The van der Waals surface area contributed by atoms with E-state index >= 15 is 0 Å². The van der Waals surface area contributed by atoms with E-state index in [2.05, 4.69) is 5.32 Å². The Morgan fingerprint density at radius 1 is 1.53 bits per heavy atom. The van der Waals surface area contributed by atoms with Gasteiger partial charge in [0.2, 0.25) is 5.91 Å². The average Bonchev–Trinajstić information content (AvgIpc) is 2.38. The van der Waals surface area contributed by atoms with Crippen LogP contribution in [0.4, 0.5) is 0 Å². The van der Waals surface area contributed by atoms with Crippen LogP contribution < -0.4 is 5.32 Å². The first kappa shape index (κ1) is 15.7. The van der Waals surface area contributed by atoms with Crippen molar-refractivity contribution >= 4 is 23.6 Å². The second kappa shape index (κ2) is 7.97. The van der Waals surface area contributed by atoms with Crippen LogP contribution in [0.3, 0.4) is 0 Å². The first-order chi connectivity index (χ1) is 9.02. The normalized spacial score (nSPS) is 13.2. The van der Waals surface area contributed by atoms with Gasteiger partial charge in [0.05, 0.1) is 6.10 Å². The van der Waals surface area contributed by atoms with E-state index in [-0.39, 0.29) is 12.0 Å². The molecular formula is C15H20ClNO2. The van der Waals surface area contributed by atoms with Crippen LogP contribution in [0.1, 0.15) is 32.3 Å². The molecule has 0 heterocycles. The molecule has 0 spiro atoms. The van der Waals surface area contributed by atoms with E-state index < -0.39 is 0 Å². The zero-order valence-corrected chi connectivity index (χ0v) is 12.1. The van der Waals surface area contributed by atoms with Gasteiger partial charge in [-0.3, -0.25) is 4.79 Å². The van der Waals surface area contributed by atoms with E-state index in [1.807, 2.05) is 19.1 Å². The molecule has 19 heavy (non-hydrogen) atoms. The van der Waals surface area contributed by atoms with E-state index in [9.17, 15) is 9.90 Å². The first-order valence-corrected chi connectivity index (χ1v) is 6.81. The Morgan fingerprint density at radius 2 is 2.26 bits per heavy atom. The van der Waals surface area contributed by atoms with Gasteiger partial charge in [0, 0.05) is 17.1 Å². The predicted molar refractivity (Wildman–Crippen MR) is 79.0 cm³/mol. The van der Waals surface area contributed by atoms with Crippen molar-refractivity contribution in [3.05, 3.63) is 40.4 Å². The molecule has 3 nitrogen and oxygen atoms in total. The SMILES string of the molecule is CCC(O)CCNC(=O)/C(C)=C/c1cccc(Cl)c1. The summed E-state index contributed by atoms with van der Waals surface area (Å²) in [6, 6.07) is 7.33. The molecule has 0 aliphatic heterocycles. The highest BCUT2D eigenvalue weighted by atomic mass is 35.5. The lowest BCUT2D eigenvalue weighted by atomic mass is 10.1. The average molecular weight is 282 g/mol. The van der Waals surface area contributed by atoms with Crippen LogP contribution in [0.15, 0.2) is 29.8 Å². The van der Waals surface area contributed by atoms with Gasteiger partial charge in [-0.25, -0.2) is 0 Å². The number of benzene rings is 1. The molecule has 1 rings (SSSR count). The second-order valence-corrected chi connectivity index (χ2v) is 4.93. The standard InChI is InChI=1S/C15H20ClNO2/c1-3-14(18)7-8-17-15(19)11(2)9-12-5-4-6-13(16)10-12/h4-6,9-10,14,18H,3,7-8H2,1-2H3,(H,17,19)/b11-9+. The lowest BCUT2D eigenvalue weighted by Gasteiger charge is -2.09. The van der Waals surface area contributed by atoms with Gasteiger partial charge in [0.1, 0.15) is 0 Å². The molecule has 0 saturated carbocycles. The zero-order valence-electron chi connectivity index (χ0n) is 11.3. The molecule has 0 aliphatic rings. The van der Waals surface area contributed by atoms with Gasteiger partial charge in [-0.1, -0.05) is 30.7 Å². The summed E-state index contributed by atoms with van der Waals surface area (Å²) in [7, 11) is 0. The number of amides is 1. The lowest BCUT2D eigenvalue weighted by Crippen LogP contribution is -2.27. The molecular weight excluding hydrogens is 262 g/mol. The molecule has 0 bridgehead atoms. The molecule has 0 aromatic heterocycles. The number of aliphatic hydroxyl groups is 1. The van der Waals surface area contributed by atoms with Crippen LogP contribution in [0.5, 0.6) is 0 Å². The van der Waals surface area contributed by atoms with Crippen molar-refractivity contribution < 1.29 is 9.90 Å². The van der Waals surface area contributed by atoms with Gasteiger partial charge >= 0.3 is 0 Å². The van der Waals surface area contributed by atoms with Crippen LogP contribution in [-0.4, -0.2) is 23.7 Å². The number of carbonyl (C=O) groups excluding carboxylic acids is 1. The molecule has 1 atom stereocenters. The summed E-state index contributed by atoms with van der Waals surface area (Å²) < 4.78 is 0. The van der Waals surface area contributed by atoms with Crippen molar-refractivity contribution in [2.45, 2.75) is 32.8 Å². The summed E-state index contributed by atoms with van der Waals surface area (Å²) in [6.45, 7) is 4.15. The van der Waals surface area contributed by atoms with Crippen molar-refractivity contribution in [3.63, 3.8) is 0 Å². The Morgan fingerprint density at radius 3 is 2.89 bits per heavy atom. The molecule has 4 heteroatoms. The number of carbonyl (C=O) groups is 1. The molecule has 0 fully saturated rings. The van der Waals surface area contributed by atoms with Crippen molar-refractivity contribution in [2.75, 3.05) is 6.54 Å². The number of aliphatic hydroxyl groups excluding tert-OH is 1. The lowest BCUT2D eigenvalue weighted by molar-refractivity contribution is -0.117. The Labute approximate surface area is 119 Å². The maximum atomic E-state index is 11.8. The highest BCUT2D eigenvalue weighted by molar-refractivity contribution is 6.30. The highest BCUT2D eigenvalue weighted by Crippen LogP contribution is 2.13. The van der Waals surface area contributed by atoms with E-state index in [1.54, 1.807) is 25.1 Å². The van der Waals surface area contributed by atoms with E-state index in [0.29, 0.717) is 30.0 Å². The van der Waals surface area contributed by atoms with Gasteiger partial charge < -0.3 is 10.4 Å². The zero-order chi connectivity index (χ0) is 14.3. The fourth-order valence-corrected chi connectivity index (χ4v) is 1.81. The topological polar surface area (TPSA) is 49.3 Å². The third kappa shape index (κ3) is 5.90. The third-order valence-corrected chi connectivity index (χ3v) is 3.06. The maximum Gasteiger partial charge on any atom is 0.246 e. The number of nitrogens with one attached hydrogen (secondary N) is 1. The largest absolute Gasteiger partial charge is 0.393 e. The summed E-state index contributed by atoms with van der Waals surface area (Å²) in [5.74, 6) is -0.122. The van der Waals surface area contributed by atoms with E-state index in [0.717, 1.165) is 5.56 Å². The van der Waals surface area contributed by atoms with Crippen molar-refractivity contribution in [1.29, 1.82) is 0 Å². The third-order valence-electron chi connectivity index (χ3n) is 2.82. The molecule has 1 amide bonds. The minimum Gasteiger partial charge on any atom is -0.393 e. The summed E-state index contributed by atoms with van der Waals surface area (Å²) in [6.07, 6.45) is 2.72. The van der Waals surface area contributed by atoms with Gasteiger partial charge in [-0.05, 0) is 43.5 Å². The molecule has 1 unspecified atom stereocenters. The molecule has 2 N–H and O–H groups in total. The number of halogens is 1. The number of rotatable bonds is 6. The fraction of sp³-hybridized carbons (Fsp3) is 0.400. The molecule has 0 saturated heterocycles. The van der Waals surface area contributed by atoms with Gasteiger partial charge in [0.25, 0.3) is 0 Å². The molecule has 0 aliphatic carbocycles. The minimum absolute atomic E-state index is 0.122. The van der Waals surface area contributed by atoms with Crippen molar-refractivity contribution in [2.24, 2.45) is 0 Å². The minimum atomic E-state index is -0.350. The predicted octanol–water partition coefficient (Wildman–Crippen LogP) is 3.02. The van der Waals surface area contributed by atoms with Crippen LogP contribution in [-0.2, 0) is 4.79 Å². The smallest absolute Gasteiger partial charge is 0.246 e. The van der Waals surface area contributed by atoms with E-state index in [4.69, 9.17) is 11.6 Å². The highest BCUT2D eigenvalue weighted by Gasteiger charge is 2.05. The van der Waals surface area contributed by atoms with Crippen LogP contribution in [0, 0.1) is 0 Å². The fourth-order valence-electron chi connectivity index (χ4n) is 1.61. The molecule has 1 aromatic rings. The Balaban J connectivity index is 2.52. The van der Waals surface area contributed by atoms with Gasteiger partial charge in [-0.2, -0.15) is 0 Å². The van der Waals surface area contributed by atoms with Crippen LogP contribution in [0.2, 0.25) is 5.02 Å². The Kier molecular flexibility index (Phi) is 6.60. The first-order valence-electron chi connectivity index (χ1n) is 6.43. The number of hydrogen-bond acceptors (Lipinski definition) is 2. The summed E-state index contributed by atoms with van der Waals surface area (Å²) in [5, 5.41) is 12.8. The van der Waals surface area contributed by atoms with Crippen LogP contribution >= 0.6 is 11.6 Å². The van der Waals surface area contributed by atoms with Gasteiger partial charge in [-0.15, -0.1) is 0 Å². The maximum absolute atomic E-state index is 11.8. The monoisotopic (exact) mass is 281 g/mol. The Hall–Kier alpha value is -1.32. The van der Waals surface area contributed by atoms with Gasteiger partial charge in [0.15, 0.2) is 0 Å². The second-order valence-electron chi connectivity index (χ2n) is 4.49. The van der Waals surface area contributed by atoms with Crippen molar-refractivity contribution in [3.8, 4) is 0 Å². The summed E-state index contributed by atoms with van der Waals surface area (Å²) >= 11 is 5.88. The number of hydrogen-bond donors (Lipinski definition) is 2. The summed E-state index contributed by atoms with van der Waals surface area (Å²) in [5.41, 5.74) is 1.52. The van der Waals surface area contributed by atoms with Crippen molar-refractivity contribution in [1.82, 2.24) is 5.32 Å². The van der Waals surface area contributed by atoms with E-state index in [1.165, 1.54) is 0 Å². The molecule has 0 radical (unpaired) electrons. The Bertz CT molecular complexity index is 457. The molecule has 104 valence electrons. The summed E-state index contributed by atoms with van der Waals surface area (Å²) in [4.78, 5) is 11.8. The molecule has 1 aromatic carbocycles. The quantitative estimate of drug-likeness (QED) is 0.788. The van der Waals surface area contributed by atoms with Crippen LogP contribution in [0.25, 0.3) is 6.08 Å².